The first kappa shape index (κ1) is 13.6. The minimum Gasteiger partial charge on any atom is -0.310 e. The summed E-state index contributed by atoms with van der Waals surface area (Å²) in [7, 11) is 0. The predicted octanol–water partition coefficient (Wildman–Crippen LogP) is 2.69. The van der Waals surface area contributed by atoms with Crippen LogP contribution in [-0.2, 0) is 6.42 Å². The van der Waals surface area contributed by atoms with E-state index in [1.807, 2.05) is 0 Å². The highest BCUT2D eigenvalue weighted by Crippen LogP contribution is 2.08. The van der Waals surface area contributed by atoms with Gasteiger partial charge in [0.1, 0.15) is 0 Å². The van der Waals surface area contributed by atoms with Crippen molar-refractivity contribution in [1.29, 1.82) is 0 Å². The maximum atomic E-state index is 3.71. The quantitative estimate of drug-likeness (QED) is 0.830. The van der Waals surface area contributed by atoms with E-state index in [9.17, 15) is 0 Å². The van der Waals surface area contributed by atoms with Crippen molar-refractivity contribution in [3.63, 3.8) is 0 Å². The van der Waals surface area contributed by atoms with Gasteiger partial charge in [-0.1, -0.05) is 30.3 Å². The van der Waals surface area contributed by atoms with Gasteiger partial charge in [-0.25, -0.2) is 0 Å². The van der Waals surface area contributed by atoms with Crippen molar-refractivity contribution in [2.45, 2.75) is 45.2 Å². The standard InChI is InChI=1S/C16H26N2/c1-14(12-16-8-4-3-5-9-16)17-15(2)13-18-10-6-7-11-18/h3-5,8-9,14-15,17H,6-7,10-13H2,1-2H3. The fourth-order valence-corrected chi connectivity index (χ4v) is 2.92. The van der Waals surface area contributed by atoms with Gasteiger partial charge in [0.15, 0.2) is 0 Å². The first-order valence-corrected chi connectivity index (χ1v) is 7.26. The van der Waals surface area contributed by atoms with Crippen molar-refractivity contribution < 1.29 is 0 Å². The molecule has 0 radical (unpaired) electrons. The van der Waals surface area contributed by atoms with Crippen LogP contribution in [0, 0.1) is 0 Å². The van der Waals surface area contributed by atoms with Gasteiger partial charge in [0.05, 0.1) is 0 Å². The van der Waals surface area contributed by atoms with E-state index in [0.717, 1.165) is 6.42 Å². The zero-order chi connectivity index (χ0) is 12.8. The molecule has 1 aliphatic rings. The van der Waals surface area contributed by atoms with Gasteiger partial charge >= 0.3 is 0 Å². The largest absolute Gasteiger partial charge is 0.310 e. The molecule has 2 nitrogen and oxygen atoms in total. The minimum absolute atomic E-state index is 0.546. The smallest absolute Gasteiger partial charge is 0.0169 e. The molecule has 1 aromatic rings. The predicted molar refractivity (Wildman–Crippen MR) is 77.9 cm³/mol. The molecule has 0 amide bonds. The third-order valence-electron chi connectivity index (χ3n) is 3.68. The van der Waals surface area contributed by atoms with E-state index in [1.54, 1.807) is 0 Å². The fraction of sp³-hybridized carbons (Fsp3) is 0.625. The molecule has 0 aliphatic carbocycles. The van der Waals surface area contributed by atoms with Crippen LogP contribution in [0.5, 0.6) is 0 Å². The van der Waals surface area contributed by atoms with Gasteiger partial charge in [0.2, 0.25) is 0 Å². The SMILES string of the molecule is CC(Cc1ccccc1)NC(C)CN1CCCC1. The Kier molecular flexibility index (Phi) is 5.21. The first-order valence-electron chi connectivity index (χ1n) is 7.26. The summed E-state index contributed by atoms with van der Waals surface area (Å²) in [6, 6.07) is 11.9. The monoisotopic (exact) mass is 246 g/mol. The molecule has 2 heteroatoms. The second-order valence-electron chi connectivity index (χ2n) is 5.67. The molecule has 1 N–H and O–H groups in total. The summed E-state index contributed by atoms with van der Waals surface area (Å²) in [6.45, 7) is 8.37. The van der Waals surface area contributed by atoms with Crippen LogP contribution < -0.4 is 5.32 Å². The van der Waals surface area contributed by atoms with E-state index in [1.165, 1.54) is 38.0 Å². The number of rotatable bonds is 6. The Hall–Kier alpha value is -0.860. The number of likely N-dealkylation sites (tertiary alicyclic amines) is 1. The second-order valence-corrected chi connectivity index (χ2v) is 5.67. The van der Waals surface area contributed by atoms with Gasteiger partial charge in [0, 0.05) is 18.6 Å². The van der Waals surface area contributed by atoms with Crippen molar-refractivity contribution in [2.75, 3.05) is 19.6 Å². The van der Waals surface area contributed by atoms with Crippen LogP contribution in [0.1, 0.15) is 32.3 Å². The lowest BCUT2D eigenvalue weighted by Crippen LogP contribution is -2.42. The van der Waals surface area contributed by atoms with Gasteiger partial charge in [-0.2, -0.15) is 0 Å². The van der Waals surface area contributed by atoms with E-state index in [-0.39, 0.29) is 0 Å². The molecule has 0 aromatic heterocycles. The molecule has 1 heterocycles. The molecule has 18 heavy (non-hydrogen) atoms. The Morgan fingerprint density at radius 2 is 1.72 bits per heavy atom. The summed E-state index contributed by atoms with van der Waals surface area (Å²) in [5.41, 5.74) is 1.42. The highest BCUT2D eigenvalue weighted by atomic mass is 15.2. The molecule has 0 bridgehead atoms. The molecule has 1 fully saturated rings. The van der Waals surface area contributed by atoms with Crippen molar-refractivity contribution in [1.82, 2.24) is 10.2 Å². The average molecular weight is 246 g/mol. The van der Waals surface area contributed by atoms with Gasteiger partial charge in [0.25, 0.3) is 0 Å². The third-order valence-corrected chi connectivity index (χ3v) is 3.68. The lowest BCUT2D eigenvalue weighted by Gasteiger charge is -2.24. The van der Waals surface area contributed by atoms with Crippen molar-refractivity contribution in [2.24, 2.45) is 0 Å². The summed E-state index contributed by atoms with van der Waals surface area (Å²) in [5, 5.41) is 3.71. The van der Waals surface area contributed by atoms with Gasteiger partial charge in [-0.3, -0.25) is 0 Å². The van der Waals surface area contributed by atoms with Gasteiger partial charge in [-0.15, -0.1) is 0 Å². The molecule has 0 saturated carbocycles. The number of benzene rings is 1. The summed E-state index contributed by atoms with van der Waals surface area (Å²) in [4.78, 5) is 2.58. The maximum absolute atomic E-state index is 3.71. The molecular weight excluding hydrogens is 220 g/mol. The molecule has 2 rings (SSSR count). The number of nitrogens with zero attached hydrogens (tertiary/aromatic N) is 1. The van der Waals surface area contributed by atoms with Crippen molar-refractivity contribution in [3.8, 4) is 0 Å². The molecule has 1 aromatic carbocycles. The van der Waals surface area contributed by atoms with E-state index in [4.69, 9.17) is 0 Å². The molecular formula is C16H26N2. The summed E-state index contributed by atoms with van der Waals surface area (Å²) >= 11 is 0. The Balaban J connectivity index is 1.71. The van der Waals surface area contributed by atoms with Gasteiger partial charge in [-0.05, 0) is 51.8 Å². The van der Waals surface area contributed by atoms with Crippen molar-refractivity contribution in [3.05, 3.63) is 35.9 Å². The van der Waals surface area contributed by atoms with Crippen LogP contribution in [0.3, 0.4) is 0 Å². The van der Waals surface area contributed by atoms with E-state index >= 15 is 0 Å². The van der Waals surface area contributed by atoms with Crippen LogP contribution in [0.15, 0.2) is 30.3 Å². The highest BCUT2D eigenvalue weighted by Gasteiger charge is 2.15. The Bertz CT molecular complexity index is 330. The fourth-order valence-electron chi connectivity index (χ4n) is 2.92. The average Bonchev–Trinajstić information content (AvgIpc) is 2.82. The van der Waals surface area contributed by atoms with Crippen LogP contribution in [0.25, 0.3) is 0 Å². The summed E-state index contributed by atoms with van der Waals surface area (Å²) in [5.74, 6) is 0. The summed E-state index contributed by atoms with van der Waals surface area (Å²) in [6.07, 6.45) is 3.88. The van der Waals surface area contributed by atoms with Crippen LogP contribution in [0.2, 0.25) is 0 Å². The lowest BCUT2D eigenvalue weighted by atomic mass is 10.1. The Morgan fingerprint density at radius 1 is 1.06 bits per heavy atom. The minimum atomic E-state index is 0.546. The molecule has 0 spiro atoms. The molecule has 2 atom stereocenters. The molecule has 2 unspecified atom stereocenters. The molecule has 1 aliphatic heterocycles. The molecule has 1 saturated heterocycles. The van der Waals surface area contributed by atoms with Crippen molar-refractivity contribution >= 4 is 0 Å². The van der Waals surface area contributed by atoms with Crippen LogP contribution >= 0.6 is 0 Å². The first-order chi connectivity index (χ1) is 8.74. The molecule has 100 valence electrons. The van der Waals surface area contributed by atoms with Crippen LogP contribution in [-0.4, -0.2) is 36.6 Å². The zero-order valence-electron chi connectivity index (χ0n) is 11.7. The Morgan fingerprint density at radius 3 is 2.39 bits per heavy atom. The number of hydrogen-bond donors (Lipinski definition) is 1. The van der Waals surface area contributed by atoms with E-state index in [2.05, 4.69) is 54.4 Å². The number of nitrogens with one attached hydrogen (secondary N) is 1. The number of hydrogen-bond acceptors (Lipinski definition) is 2. The Labute approximate surface area is 111 Å². The lowest BCUT2D eigenvalue weighted by molar-refractivity contribution is 0.288. The van der Waals surface area contributed by atoms with E-state index in [0.29, 0.717) is 12.1 Å². The van der Waals surface area contributed by atoms with E-state index < -0.39 is 0 Å². The highest BCUT2D eigenvalue weighted by molar-refractivity contribution is 5.15. The third kappa shape index (κ3) is 4.43. The summed E-state index contributed by atoms with van der Waals surface area (Å²) < 4.78 is 0. The normalized spacial score (nSPS) is 19.9. The zero-order valence-corrected chi connectivity index (χ0v) is 11.7. The van der Waals surface area contributed by atoms with Gasteiger partial charge < -0.3 is 10.2 Å². The maximum Gasteiger partial charge on any atom is 0.0169 e. The van der Waals surface area contributed by atoms with Crippen LogP contribution in [0.4, 0.5) is 0 Å². The topological polar surface area (TPSA) is 15.3 Å². The second kappa shape index (κ2) is 6.91.